The van der Waals surface area contributed by atoms with Crippen LogP contribution in [0.3, 0.4) is 0 Å². The molecule has 3 heterocycles. The number of unbranched alkanes of at least 4 members (excludes halogenated alkanes) is 2. The number of fused-ring (bicyclic) bond motifs is 1. The van der Waals surface area contributed by atoms with Crippen LogP contribution >= 0.6 is 11.6 Å². The highest BCUT2D eigenvalue weighted by Gasteiger charge is 2.77. The van der Waals surface area contributed by atoms with Crippen LogP contribution in [-0.2, 0) is 25.7 Å². The lowest BCUT2D eigenvalue weighted by atomic mass is 9.66. The van der Waals surface area contributed by atoms with Crippen LogP contribution in [0.1, 0.15) is 50.2 Å². The normalized spacial score (nSPS) is 29.0. The Morgan fingerprint density at radius 3 is 2.56 bits per heavy atom. The molecule has 3 aliphatic heterocycles. The third kappa shape index (κ3) is 4.83. The molecule has 3 amide bonds. The summed E-state index contributed by atoms with van der Waals surface area (Å²) in [6.45, 7) is 4.51. The fourth-order valence-electron chi connectivity index (χ4n) is 6.82. The van der Waals surface area contributed by atoms with E-state index in [-0.39, 0.29) is 24.3 Å². The van der Waals surface area contributed by atoms with Gasteiger partial charge in [-0.25, -0.2) is 0 Å². The van der Waals surface area contributed by atoms with E-state index in [1.54, 1.807) is 11.0 Å². The molecule has 0 aromatic heterocycles. The summed E-state index contributed by atoms with van der Waals surface area (Å²) < 4.78 is 6.66. The number of likely N-dealkylation sites (tertiary alicyclic amines) is 1. The predicted molar refractivity (Wildman–Crippen MR) is 148 cm³/mol. The van der Waals surface area contributed by atoms with Crippen molar-refractivity contribution in [2.24, 2.45) is 11.8 Å². The molecule has 9 heteroatoms. The maximum Gasteiger partial charge on any atom is 0.250 e. The van der Waals surface area contributed by atoms with E-state index in [9.17, 15) is 19.5 Å². The number of nitrogens with one attached hydrogen (secondary N) is 2. The summed E-state index contributed by atoms with van der Waals surface area (Å²) >= 11 is 6.42. The van der Waals surface area contributed by atoms with Crippen molar-refractivity contribution in [1.82, 2.24) is 10.2 Å². The van der Waals surface area contributed by atoms with E-state index in [4.69, 9.17) is 16.3 Å². The molecule has 39 heavy (non-hydrogen) atoms. The second-order valence-electron chi connectivity index (χ2n) is 11.2. The summed E-state index contributed by atoms with van der Waals surface area (Å²) in [5.74, 6) is -2.28. The highest BCUT2D eigenvalue weighted by molar-refractivity contribution is 6.34. The van der Waals surface area contributed by atoms with E-state index in [0.29, 0.717) is 49.5 Å². The molecule has 8 nitrogen and oxygen atoms in total. The monoisotopic (exact) mass is 553 g/mol. The number of ether oxygens (including phenoxy) is 1. The molecule has 3 aliphatic rings. The Hall–Kier alpha value is -2.94. The fraction of sp³-hybridized carbons (Fsp3) is 0.500. The molecule has 2 unspecified atom stereocenters. The van der Waals surface area contributed by atoms with Crippen LogP contribution in [0, 0.1) is 18.8 Å². The predicted octanol–water partition coefficient (Wildman–Crippen LogP) is 3.83. The minimum atomic E-state index is -1.10. The Labute approximate surface area is 234 Å². The van der Waals surface area contributed by atoms with Gasteiger partial charge in [0, 0.05) is 19.7 Å². The standard InChI is InChI=1S/C30H36ClN3O5/c1-19-10-9-13-21(31)24(19)33-27(37)25-30-15-14-29(2,39-30)22(26(36)32-18-20-11-5-3-6-12-20)23(30)28(38)34(25)16-7-4-8-17-35/h3,5-6,9-13,22-23,25,35H,4,7-8,14-18H2,1-2H3,(H,32,36)(H,33,37)/t22-,23+,25?,29+,30?/m1/s1. The van der Waals surface area contributed by atoms with E-state index in [1.807, 2.05) is 56.3 Å². The smallest absolute Gasteiger partial charge is 0.250 e. The van der Waals surface area contributed by atoms with Crippen molar-refractivity contribution in [2.75, 3.05) is 18.5 Å². The molecular weight excluding hydrogens is 518 g/mol. The second-order valence-corrected chi connectivity index (χ2v) is 11.6. The Kier molecular flexibility index (Phi) is 7.73. The lowest BCUT2D eigenvalue weighted by molar-refractivity contribution is -0.144. The number of aliphatic hydroxyl groups excluding tert-OH is 1. The van der Waals surface area contributed by atoms with Crippen molar-refractivity contribution in [3.8, 4) is 0 Å². The van der Waals surface area contributed by atoms with E-state index in [0.717, 1.165) is 17.5 Å². The number of nitrogens with zero attached hydrogens (tertiary/aromatic N) is 1. The molecule has 0 aliphatic carbocycles. The molecule has 5 atom stereocenters. The Balaban J connectivity index is 1.45. The van der Waals surface area contributed by atoms with E-state index in [2.05, 4.69) is 10.6 Å². The highest BCUT2D eigenvalue weighted by Crippen LogP contribution is 2.63. The molecule has 0 saturated carbocycles. The zero-order valence-electron chi connectivity index (χ0n) is 22.4. The number of aryl methyl sites for hydroxylation is 1. The topological polar surface area (TPSA) is 108 Å². The van der Waals surface area contributed by atoms with Crippen LogP contribution in [0.5, 0.6) is 0 Å². The lowest BCUT2D eigenvalue weighted by Gasteiger charge is -2.33. The Morgan fingerprint density at radius 1 is 1.08 bits per heavy atom. The number of carbonyl (C=O) groups excluding carboxylic acids is 3. The van der Waals surface area contributed by atoms with Crippen LogP contribution in [0.2, 0.25) is 5.02 Å². The number of anilines is 1. The summed E-state index contributed by atoms with van der Waals surface area (Å²) in [7, 11) is 0. The molecule has 2 aromatic rings. The number of aliphatic hydroxyl groups is 1. The van der Waals surface area contributed by atoms with Gasteiger partial charge >= 0.3 is 0 Å². The van der Waals surface area contributed by atoms with Gasteiger partial charge in [0.25, 0.3) is 0 Å². The summed E-state index contributed by atoms with van der Waals surface area (Å²) in [5.41, 5.74) is 0.336. The molecule has 5 rings (SSSR count). The van der Waals surface area contributed by atoms with Gasteiger partial charge < -0.3 is 25.4 Å². The average Bonchev–Trinajstić information content (AvgIpc) is 3.48. The molecule has 1 spiro atoms. The third-order valence-corrected chi connectivity index (χ3v) is 8.96. The molecule has 0 radical (unpaired) electrons. The molecule has 2 aromatic carbocycles. The zero-order chi connectivity index (χ0) is 27.8. The van der Waals surface area contributed by atoms with Gasteiger partial charge in [0.15, 0.2) is 0 Å². The summed E-state index contributed by atoms with van der Waals surface area (Å²) in [4.78, 5) is 43.3. The molecule has 3 fully saturated rings. The first-order chi connectivity index (χ1) is 18.7. The lowest BCUT2D eigenvalue weighted by Crippen LogP contribution is -2.53. The Bertz CT molecular complexity index is 1240. The number of rotatable bonds is 10. The first-order valence-corrected chi connectivity index (χ1v) is 14.1. The number of amides is 3. The largest absolute Gasteiger partial charge is 0.396 e. The van der Waals surface area contributed by atoms with Crippen molar-refractivity contribution in [1.29, 1.82) is 0 Å². The van der Waals surface area contributed by atoms with Gasteiger partial charge in [-0.2, -0.15) is 0 Å². The molecule has 2 bridgehead atoms. The van der Waals surface area contributed by atoms with E-state index < -0.39 is 29.1 Å². The first kappa shape index (κ1) is 27.6. The Morgan fingerprint density at radius 2 is 1.85 bits per heavy atom. The number of benzene rings is 2. The van der Waals surface area contributed by atoms with Crippen LogP contribution in [0.4, 0.5) is 5.69 Å². The number of halogens is 1. The van der Waals surface area contributed by atoms with Crippen LogP contribution in [-0.4, -0.2) is 58.1 Å². The maximum atomic E-state index is 14.1. The number of hydrogen-bond acceptors (Lipinski definition) is 5. The summed E-state index contributed by atoms with van der Waals surface area (Å²) in [5, 5.41) is 15.6. The average molecular weight is 554 g/mol. The quantitative estimate of drug-likeness (QED) is 0.388. The van der Waals surface area contributed by atoms with Crippen LogP contribution < -0.4 is 10.6 Å². The zero-order valence-corrected chi connectivity index (χ0v) is 23.2. The second kappa shape index (κ2) is 10.9. The van der Waals surface area contributed by atoms with Gasteiger partial charge in [0.1, 0.15) is 11.6 Å². The van der Waals surface area contributed by atoms with Crippen molar-refractivity contribution >= 4 is 35.0 Å². The minimum Gasteiger partial charge on any atom is -0.396 e. The number of para-hydroxylation sites is 1. The molecule has 3 N–H and O–H groups in total. The summed E-state index contributed by atoms with van der Waals surface area (Å²) in [6.07, 6.45) is 3.05. The van der Waals surface area contributed by atoms with Crippen molar-refractivity contribution in [3.05, 3.63) is 64.7 Å². The van der Waals surface area contributed by atoms with Gasteiger partial charge in [-0.3, -0.25) is 14.4 Å². The first-order valence-electron chi connectivity index (χ1n) is 13.7. The van der Waals surface area contributed by atoms with Gasteiger partial charge in [0.2, 0.25) is 17.7 Å². The fourth-order valence-corrected chi connectivity index (χ4v) is 7.08. The van der Waals surface area contributed by atoms with Crippen molar-refractivity contribution < 1.29 is 24.2 Å². The SMILES string of the molecule is Cc1cccc(Cl)c1NC(=O)C1N(CCCCCO)C(=O)[C@@H]2[C@H](C(=O)NCc3ccccc3)[C@]3(C)CCC12O3. The van der Waals surface area contributed by atoms with E-state index in [1.165, 1.54) is 0 Å². The van der Waals surface area contributed by atoms with Gasteiger partial charge in [-0.05, 0) is 63.1 Å². The number of carbonyl (C=O) groups is 3. The summed E-state index contributed by atoms with van der Waals surface area (Å²) in [6, 6.07) is 14.1. The minimum absolute atomic E-state index is 0.0708. The van der Waals surface area contributed by atoms with Crippen molar-refractivity contribution in [2.45, 2.75) is 69.7 Å². The third-order valence-electron chi connectivity index (χ3n) is 8.64. The van der Waals surface area contributed by atoms with Crippen LogP contribution in [0.25, 0.3) is 0 Å². The molecular formula is C30H36ClN3O5. The van der Waals surface area contributed by atoms with Gasteiger partial charge in [-0.15, -0.1) is 0 Å². The van der Waals surface area contributed by atoms with Crippen LogP contribution in [0.15, 0.2) is 48.5 Å². The van der Waals surface area contributed by atoms with E-state index >= 15 is 0 Å². The molecule has 208 valence electrons. The highest BCUT2D eigenvalue weighted by atomic mass is 35.5. The van der Waals surface area contributed by atoms with Gasteiger partial charge in [-0.1, -0.05) is 54.1 Å². The van der Waals surface area contributed by atoms with Gasteiger partial charge in [0.05, 0.1) is 28.1 Å². The molecule has 3 saturated heterocycles. The maximum absolute atomic E-state index is 14.1. The number of hydrogen-bond donors (Lipinski definition) is 3. The van der Waals surface area contributed by atoms with Crippen molar-refractivity contribution in [3.63, 3.8) is 0 Å².